The van der Waals surface area contributed by atoms with Crippen LogP contribution in [0.15, 0.2) is 35.4 Å². The second kappa shape index (κ2) is 7.76. The molecule has 0 spiro atoms. The van der Waals surface area contributed by atoms with Crippen molar-refractivity contribution in [1.29, 1.82) is 0 Å². The van der Waals surface area contributed by atoms with Crippen LogP contribution in [0.5, 0.6) is 0 Å². The Kier molecular flexibility index (Phi) is 5.74. The first-order valence-electron chi connectivity index (χ1n) is 8.98. The predicted molar refractivity (Wildman–Crippen MR) is 106 cm³/mol. The van der Waals surface area contributed by atoms with E-state index in [4.69, 9.17) is 0 Å². The Morgan fingerprint density at radius 3 is 2.71 bits per heavy atom. The van der Waals surface area contributed by atoms with Crippen LogP contribution in [0.2, 0.25) is 0 Å². The summed E-state index contributed by atoms with van der Waals surface area (Å²) in [5.41, 5.74) is 1.46. The van der Waals surface area contributed by atoms with Crippen molar-refractivity contribution in [3.05, 3.63) is 36.0 Å². The van der Waals surface area contributed by atoms with Crippen LogP contribution < -0.4 is 5.32 Å². The zero-order valence-electron chi connectivity index (χ0n) is 15.8. The maximum Gasteiger partial charge on any atom is 0.244 e. The average Bonchev–Trinajstić information content (AvgIpc) is 2.98. The highest BCUT2D eigenvalue weighted by Crippen LogP contribution is 2.26. The van der Waals surface area contributed by atoms with Crippen LogP contribution >= 0.6 is 0 Å². The fraction of sp³-hybridized carbons (Fsp3) is 0.444. The number of carbonyl (C=O) groups is 1. The number of sulfone groups is 1. The Morgan fingerprint density at radius 1 is 1.32 bits per heavy atom. The molecule has 2 aromatic rings. The maximum atomic E-state index is 13.2. The highest BCUT2D eigenvalue weighted by molar-refractivity contribution is 7.91. The number of sulfonamides is 1. The van der Waals surface area contributed by atoms with Crippen LogP contribution in [-0.4, -0.2) is 62.7 Å². The van der Waals surface area contributed by atoms with Crippen molar-refractivity contribution in [1.82, 2.24) is 14.6 Å². The first-order valence-corrected chi connectivity index (χ1v) is 12.2. The Hall–Kier alpha value is -2.04. The second-order valence-corrected chi connectivity index (χ2v) is 11.0. The van der Waals surface area contributed by atoms with Crippen LogP contribution in [-0.2, 0) is 24.7 Å². The number of amides is 1. The lowest BCUT2D eigenvalue weighted by molar-refractivity contribution is -0.121. The molecule has 0 saturated carbocycles. The van der Waals surface area contributed by atoms with E-state index in [1.807, 2.05) is 6.92 Å². The number of pyridine rings is 1. The number of benzene rings is 1. The van der Waals surface area contributed by atoms with Crippen LogP contribution in [0.4, 0.5) is 0 Å². The van der Waals surface area contributed by atoms with Gasteiger partial charge in [-0.3, -0.25) is 9.78 Å². The third kappa shape index (κ3) is 4.18. The lowest BCUT2D eigenvalue weighted by Crippen LogP contribution is -2.44. The summed E-state index contributed by atoms with van der Waals surface area (Å²) >= 11 is 0. The van der Waals surface area contributed by atoms with Crippen molar-refractivity contribution in [3.63, 3.8) is 0 Å². The van der Waals surface area contributed by atoms with E-state index in [0.717, 1.165) is 9.87 Å². The minimum atomic E-state index is -3.93. The highest BCUT2D eigenvalue weighted by atomic mass is 32.2. The third-order valence-electron chi connectivity index (χ3n) is 4.82. The number of aromatic nitrogens is 1. The van der Waals surface area contributed by atoms with Gasteiger partial charge in [0.2, 0.25) is 15.9 Å². The summed E-state index contributed by atoms with van der Waals surface area (Å²) in [6.07, 6.45) is 1.95. The Morgan fingerprint density at radius 2 is 2.07 bits per heavy atom. The average molecular weight is 426 g/mol. The zero-order valence-corrected chi connectivity index (χ0v) is 17.4. The normalized spacial score (nSPS) is 19.2. The molecule has 1 saturated heterocycles. The van der Waals surface area contributed by atoms with Gasteiger partial charge in [-0.1, -0.05) is 13.0 Å². The number of fused-ring (bicyclic) bond motifs is 1. The summed E-state index contributed by atoms with van der Waals surface area (Å²) in [5.74, 6) is -0.579. The minimum absolute atomic E-state index is 0.0378. The van der Waals surface area contributed by atoms with Gasteiger partial charge in [-0.25, -0.2) is 16.8 Å². The SMILES string of the molecule is CCN(CC(=O)NC1CCS(=O)(=O)C1)S(=O)(=O)c1ccc(C)c2ncccc12. The number of aryl methyl sites for hydroxylation is 1. The first kappa shape index (κ1) is 20.7. The van der Waals surface area contributed by atoms with Crippen LogP contribution in [0.1, 0.15) is 18.9 Å². The summed E-state index contributed by atoms with van der Waals surface area (Å²) in [5, 5.41) is 3.14. The fourth-order valence-corrected chi connectivity index (χ4v) is 6.62. The molecule has 28 heavy (non-hydrogen) atoms. The highest BCUT2D eigenvalue weighted by Gasteiger charge is 2.31. The molecule has 1 amide bonds. The topological polar surface area (TPSA) is 114 Å². The van der Waals surface area contributed by atoms with E-state index >= 15 is 0 Å². The molecule has 0 bridgehead atoms. The van der Waals surface area contributed by atoms with E-state index in [2.05, 4.69) is 10.3 Å². The number of rotatable bonds is 6. The van der Waals surface area contributed by atoms with E-state index in [1.165, 1.54) is 6.07 Å². The molecule has 1 aromatic carbocycles. The molecule has 1 atom stereocenters. The Bertz CT molecular complexity index is 1110. The number of nitrogens with zero attached hydrogens (tertiary/aromatic N) is 2. The standard InChI is InChI=1S/C18H23N3O5S2/c1-3-21(11-17(22)20-14-8-10-27(23,24)12-14)28(25,26)16-7-6-13(2)18-15(16)5-4-9-19-18/h4-7,9,14H,3,8,10-12H2,1-2H3,(H,20,22). The summed E-state index contributed by atoms with van der Waals surface area (Å²) in [6, 6.07) is 6.12. The molecule has 1 aromatic heterocycles. The molecule has 0 aliphatic carbocycles. The monoisotopic (exact) mass is 425 g/mol. The molecule has 3 rings (SSSR count). The molecule has 1 fully saturated rings. The molecule has 8 nitrogen and oxygen atoms in total. The molecule has 1 unspecified atom stereocenters. The second-order valence-electron chi connectivity index (χ2n) is 6.88. The molecule has 0 radical (unpaired) electrons. The van der Waals surface area contributed by atoms with Crippen molar-refractivity contribution in [3.8, 4) is 0 Å². The molecule has 1 aliphatic rings. The molecule has 2 heterocycles. The Labute approximate surface area is 164 Å². The number of hydrogen-bond donors (Lipinski definition) is 1. The summed E-state index contributed by atoms with van der Waals surface area (Å²) in [6.45, 7) is 3.24. The fourth-order valence-electron chi connectivity index (χ4n) is 3.36. The van der Waals surface area contributed by atoms with E-state index in [1.54, 1.807) is 31.3 Å². The van der Waals surface area contributed by atoms with Gasteiger partial charge in [-0.05, 0) is 37.1 Å². The number of hydrogen-bond acceptors (Lipinski definition) is 6. The molecule has 1 N–H and O–H groups in total. The van der Waals surface area contributed by atoms with Gasteiger partial charge in [-0.15, -0.1) is 0 Å². The first-order chi connectivity index (χ1) is 13.1. The van der Waals surface area contributed by atoms with Gasteiger partial charge >= 0.3 is 0 Å². The van der Waals surface area contributed by atoms with Gasteiger partial charge in [0.1, 0.15) is 0 Å². The van der Waals surface area contributed by atoms with Gasteiger partial charge in [0.05, 0.1) is 28.5 Å². The van der Waals surface area contributed by atoms with Crippen molar-refractivity contribution in [2.24, 2.45) is 0 Å². The predicted octanol–water partition coefficient (Wildman–Crippen LogP) is 0.857. The minimum Gasteiger partial charge on any atom is -0.351 e. The zero-order chi connectivity index (χ0) is 20.5. The van der Waals surface area contributed by atoms with Gasteiger partial charge in [0, 0.05) is 24.2 Å². The van der Waals surface area contributed by atoms with Crippen LogP contribution in [0.25, 0.3) is 10.9 Å². The lowest BCUT2D eigenvalue weighted by Gasteiger charge is -2.22. The summed E-state index contributed by atoms with van der Waals surface area (Å²) in [4.78, 5) is 16.7. The van der Waals surface area contributed by atoms with Crippen molar-refractivity contribution in [2.45, 2.75) is 31.2 Å². The third-order valence-corrected chi connectivity index (χ3v) is 8.57. The molecule has 1 aliphatic heterocycles. The lowest BCUT2D eigenvalue weighted by atomic mass is 10.1. The van der Waals surface area contributed by atoms with E-state index in [0.29, 0.717) is 17.3 Å². The van der Waals surface area contributed by atoms with Crippen molar-refractivity contribution in [2.75, 3.05) is 24.6 Å². The maximum absolute atomic E-state index is 13.2. The Balaban J connectivity index is 1.84. The quantitative estimate of drug-likeness (QED) is 0.734. The largest absolute Gasteiger partial charge is 0.351 e. The number of likely N-dealkylation sites (N-methyl/N-ethyl adjacent to an activating group) is 1. The van der Waals surface area contributed by atoms with E-state index in [9.17, 15) is 21.6 Å². The van der Waals surface area contributed by atoms with E-state index < -0.39 is 31.8 Å². The van der Waals surface area contributed by atoms with Crippen molar-refractivity contribution < 1.29 is 21.6 Å². The van der Waals surface area contributed by atoms with Crippen LogP contribution in [0.3, 0.4) is 0 Å². The van der Waals surface area contributed by atoms with Gasteiger partial charge in [0.15, 0.2) is 9.84 Å². The summed E-state index contributed by atoms with van der Waals surface area (Å²) in [7, 11) is -7.06. The molecule has 152 valence electrons. The van der Waals surface area contributed by atoms with Gasteiger partial charge in [0.25, 0.3) is 0 Å². The summed E-state index contributed by atoms with van der Waals surface area (Å²) < 4.78 is 50.5. The molecular formula is C18H23N3O5S2. The van der Waals surface area contributed by atoms with Crippen molar-refractivity contribution >= 4 is 36.7 Å². The number of nitrogens with one attached hydrogen (secondary N) is 1. The number of carbonyl (C=O) groups excluding carboxylic acids is 1. The van der Waals surface area contributed by atoms with Crippen LogP contribution in [0, 0.1) is 6.92 Å². The van der Waals surface area contributed by atoms with Gasteiger partial charge < -0.3 is 5.32 Å². The molecular weight excluding hydrogens is 402 g/mol. The van der Waals surface area contributed by atoms with Gasteiger partial charge in [-0.2, -0.15) is 4.31 Å². The molecule has 10 heteroatoms. The smallest absolute Gasteiger partial charge is 0.244 e. The van der Waals surface area contributed by atoms with E-state index in [-0.39, 0.29) is 29.5 Å².